The highest BCUT2D eigenvalue weighted by Crippen LogP contribution is 2.28. The predicted molar refractivity (Wildman–Crippen MR) is 105 cm³/mol. The Kier molecular flexibility index (Phi) is 6.20. The van der Waals surface area contributed by atoms with Gasteiger partial charge in [0.15, 0.2) is 0 Å². The van der Waals surface area contributed by atoms with Crippen LogP contribution in [-0.4, -0.2) is 80.1 Å². The fourth-order valence-electron chi connectivity index (χ4n) is 4.12. The molecule has 2 saturated heterocycles. The standard InChI is InChI=1S/C21H33N3O2/c1-16(2)19-6-5-17(15-20(19)26-4)21(25)24-9-7-18(8-10-24)23-13-11-22(3)12-14-23/h5-6,15-16,18H,7-14H2,1-4H3. The Morgan fingerprint density at radius 3 is 2.31 bits per heavy atom. The van der Waals surface area contributed by atoms with E-state index >= 15 is 0 Å². The van der Waals surface area contributed by atoms with Crippen molar-refractivity contribution in [2.75, 3.05) is 53.4 Å². The number of piperazine rings is 1. The first-order chi connectivity index (χ1) is 12.5. The summed E-state index contributed by atoms with van der Waals surface area (Å²) in [6, 6.07) is 6.52. The van der Waals surface area contributed by atoms with Crippen molar-refractivity contribution in [3.05, 3.63) is 29.3 Å². The average molecular weight is 360 g/mol. The zero-order valence-electron chi connectivity index (χ0n) is 16.7. The number of carbonyl (C=O) groups is 1. The van der Waals surface area contributed by atoms with Gasteiger partial charge in [0.1, 0.15) is 5.75 Å². The molecule has 2 heterocycles. The third kappa shape index (κ3) is 4.21. The Morgan fingerprint density at radius 2 is 1.73 bits per heavy atom. The maximum Gasteiger partial charge on any atom is 0.253 e. The Morgan fingerprint density at radius 1 is 1.08 bits per heavy atom. The average Bonchev–Trinajstić information content (AvgIpc) is 2.67. The molecule has 5 heteroatoms. The summed E-state index contributed by atoms with van der Waals surface area (Å²) in [5.74, 6) is 1.34. The minimum absolute atomic E-state index is 0.135. The Bertz CT molecular complexity index is 616. The topological polar surface area (TPSA) is 36.0 Å². The van der Waals surface area contributed by atoms with E-state index in [1.54, 1.807) is 7.11 Å². The lowest BCUT2D eigenvalue weighted by atomic mass is 9.98. The number of ether oxygens (including phenoxy) is 1. The van der Waals surface area contributed by atoms with Gasteiger partial charge in [-0.2, -0.15) is 0 Å². The molecule has 1 amide bonds. The number of likely N-dealkylation sites (tertiary alicyclic amines) is 1. The van der Waals surface area contributed by atoms with Gasteiger partial charge in [0.05, 0.1) is 7.11 Å². The highest BCUT2D eigenvalue weighted by atomic mass is 16.5. The summed E-state index contributed by atoms with van der Waals surface area (Å²) in [6.07, 6.45) is 2.16. The monoisotopic (exact) mass is 359 g/mol. The van der Waals surface area contributed by atoms with Gasteiger partial charge in [-0.1, -0.05) is 19.9 Å². The lowest BCUT2D eigenvalue weighted by molar-refractivity contribution is 0.0518. The van der Waals surface area contributed by atoms with E-state index in [0.717, 1.165) is 69.0 Å². The first kappa shape index (κ1) is 19.2. The Hall–Kier alpha value is -1.59. The van der Waals surface area contributed by atoms with Crippen LogP contribution in [-0.2, 0) is 0 Å². The first-order valence-electron chi connectivity index (χ1n) is 9.89. The summed E-state index contributed by atoms with van der Waals surface area (Å²) in [5.41, 5.74) is 1.89. The summed E-state index contributed by atoms with van der Waals surface area (Å²) < 4.78 is 5.51. The van der Waals surface area contributed by atoms with Crippen LogP contribution >= 0.6 is 0 Å². The van der Waals surface area contributed by atoms with Crippen molar-refractivity contribution >= 4 is 5.91 Å². The zero-order valence-corrected chi connectivity index (χ0v) is 16.7. The summed E-state index contributed by atoms with van der Waals surface area (Å²) in [7, 11) is 3.87. The molecule has 144 valence electrons. The van der Waals surface area contributed by atoms with E-state index in [1.165, 1.54) is 0 Å². The number of hydrogen-bond donors (Lipinski definition) is 0. The van der Waals surface area contributed by atoms with Gasteiger partial charge in [0.2, 0.25) is 0 Å². The molecule has 0 spiro atoms. The molecule has 1 aromatic carbocycles. The fraction of sp³-hybridized carbons (Fsp3) is 0.667. The summed E-state index contributed by atoms with van der Waals surface area (Å²) in [4.78, 5) is 19.9. The van der Waals surface area contributed by atoms with Crippen LogP contribution in [0.2, 0.25) is 0 Å². The third-order valence-corrected chi connectivity index (χ3v) is 5.91. The first-order valence-corrected chi connectivity index (χ1v) is 9.89. The number of amides is 1. The van der Waals surface area contributed by atoms with Crippen LogP contribution in [0.25, 0.3) is 0 Å². The van der Waals surface area contributed by atoms with E-state index < -0.39 is 0 Å². The van der Waals surface area contributed by atoms with Crippen molar-refractivity contribution in [1.82, 2.24) is 14.7 Å². The Balaban J connectivity index is 1.60. The molecule has 1 aromatic rings. The lowest BCUT2D eigenvalue weighted by Crippen LogP contribution is -2.52. The molecule has 26 heavy (non-hydrogen) atoms. The highest BCUT2D eigenvalue weighted by molar-refractivity contribution is 5.94. The molecule has 0 unspecified atom stereocenters. The minimum atomic E-state index is 0.135. The number of nitrogens with zero attached hydrogens (tertiary/aromatic N) is 3. The van der Waals surface area contributed by atoms with E-state index in [1.807, 2.05) is 23.1 Å². The fourth-order valence-corrected chi connectivity index (χ4v) is 4.12. The number of rotatable bonds is 4. The van der Waals surface area contributed by atoms with Gasteiger partial charge in [-0.15, -0.1) is 0 Å². The van der Waals surface area contributed by atoms with Gasteiger partial charge in [-0.25, -0.2) is 0 Å². The maximum absolute atomic E-state index is 12.9. The largest absolute Gasteiger partial charge is 0.496 e. The second kappa shape index (κ2) is 8.40. The van der Waals surface area contributed by atoms with Crippen molar-refractivity contribution < 1.29 is 9.53 Å². The zero-order chi connectivity index (χ0) is 18.7. The molecule has 0 saturated carbocycles. The van der Waals surface area contributed by atoms with Gasteiger partial charge < -0.3 is 14.5 Å². The van der Waals surface area contributed by atoms with Crippen molar-refractivity contribution in [1.29, 1.82) is 0 Å². The predicted octanol–water partition coefficient (Wildman–Crippen LogP) is 2.67. The van der Waals surface area contributed by atoms with Gasteiger partial charge in [0.25, 0.3) is 5.91 Å². The van der Waals surface area contributed by atoms with E-state index in [-0.39, 0.29) is 5.91 Å². The van der Waals surface area contributed by atoms with Crippen LogP contribution < -0.4 is 4.74 Å². The van der Waals surface area contributed by atoms with Crippen LogP contribution in [0.5, 0.6) is 5.75 Å². The molecular formula is C21H33N3O2. The van der Waals surface area contributed by atoms with Crippen molar-refractivity contribution in [3.8, 4) is 5.75 Å². The molecule has 0 aromatic heterocycles. The van der Waals surface area contributed by atoms with E-state index in [4.69, 9.17) is 4.74 Å². The number of likely N-dealkylation sites (N-methyl/N-ethyl adjacent to an activating group) is 1. The number of piperidine rings is 1. The maximum atomic E-state index is 12.9. The lowest BCUT2D eigenvalue weighted by Gasteiger charge is -2.42. The van der Waals surface area contributed by atoms with Crippen molar-refractivity contribution in [2.45, 2.75) is 38.6 Å². The molecule has 5 nitrogen and oxygen atoms in total. The number of methoxy groups -OCH3 is 1. The van der Waals surface area contributed by atoms with E-state index in [9.17, 15) is 4.79 Å². The van der Waals surface area contributed by atoms with Crippen LogP contribution in [0.15, 0.2) is 18.2 Å². The molecular weight excluding hydrogens is 326 g/mol. The number of benzene rings is 1. The van der Waals surface area contributed by atoms with Gasteiger partial charge in [-0.3, -0.25) is 9.69 Å². The molecule has 0 N–H and O–H groups in total. The molecule has 3 rings (SSSR count). The second-order valence-corrected chi connectivity index (χ2v) is 7.97. The highest BCUT2D eigenvalue weighted by Gasteiger charge is 2.29. The molecule has 0 aliphatic carbocycles. The second-order valence-electron chi connectivity index (χ2n) is 7.97. The summed E-state index contributed by atoms with van der Waals surface area (Å²) >= 11 is 0. The molecule has 2 aliphatic rings. The van der Waals surface area contributed by atoms with Crippen LogP contribution in [0.1, 0.15) is 48.5 Å². The molecule has 2 fully saturated rings. The van der Waals surface area contributed by atoms with E-state index in [2.05, 4.69) is 30.7 Å². The molecule has 0 radical (unpaired) electrons. The number of hydrogen-bond acceptors (Lipinski definition) is 4. The normalized spacial score (nSPS) is 20.6. The quantitative estimate of drug-likeness (QED) is 0.828. The van der Waals surface area contributed by atoms with Crippen LogP contribution in [0.4, 0.5) is 0 Å². The van der Waals surface area contributed by atoms with Crippen LogP contribution in [0.3, 0.4) is 0 Å². The van der Waals surface area contributed by atoms with Gasteiger partial charge in [0, 0.05) is 50.9 Å². The number of carbonyl (C=O) groups excluding carboxylic acids is 1. The van der Waals surface area contributed by atoms with E-state index in [0.29, 0.717) is 12.0 Å². The van der Waals surface area contributed by atoms with Gasteiger partial charge >= 0.3 is 0 Å². The molecule has 2 aliphatic heterocycles. The van der Waals surface area contributed by atoms with Crippen molar-refractivity contribution in [3.63, 3.8) is 0 Å². The van der Waals surface area contributed by atoms with Crippen molar-refractivity contribution in [2.24, 2.45) is 0 Å². The summed E-state index contributed by atoms with van der Waals surface area (Å²) in [5, 5.41) is 0. The third-order valence-electron chi connectivity index (χ3n) is 5.91. The smallest absolute Gasteiger partial charge is 0.253 e. The molecule has 0 atom stereocenters. The molecule has 0 bridgehead atoms. The van der Waals surface area contributed by atoms with Gasteiger partial charge in [-0.05, 0) is 43.5 Å². The summed E-state index contributed by atoms with van der Waals surface area (Å²) in [6.45, 7) is 10.6. The van der Waals surface area contributed by atoms with Crippen LogP contribution in [0, 0.1) is 0 Å². The minimum Gasteiger partial charge on any atom is -0.496 e. The SMILES string of the molecule is COc1cc(C(=O)N2CCC(N3CCN(C)CC3)CC2)ccc1C(C)C. The Labute approximate surface area is 157 Å².